The number of carbonyl (C=O) groups is 2. The summed E-state index contributed by atoms with van der Waals surface area (Å²) in [6.07, 6.45) is 0. The van der Waals surface area contributed by atoms with E-state index in [0.717, 1.165) is 5.56 Å². The van der Waals surface area contributed by atoms with Gasteiger partial charge in [-0.2, -0.15) is 0 Å². The van der Waals surface area contributed by atoms with E-state index in [1.165, 1.54) is 23.1 Å². The molecule has 3 rings (SSSR count). The lowest BCUT2D eigenvalue weighted by molar-refractivity contribution is -0.141. The van der Waals surface area contributed by atoms with Crippen molar-refractivity contribution in [3.63, 3.8) is 0 Å². The van der Waals surface area contributed by atoms with Gasteiger partial charge in [0.2, 0.25) is 10.0 Å². The number of hydrogen-bond acceptors (Lipinski definition) is 4. The smallest absolute Gasteiger partial charge is 0.308 e. The van der Waals surface area contributed by atoms with Gasteiger partial charge in [-0.25, -0.2) is 13.6 Å². The molecule has 1 aliphatic rings. The second-order valence-electron chi connectivity index (χ2n) is 6.69. The fourth-order valence-corrected chi connectivity index (χ4v) is 3.98. The van der Waals surface area contributed by atoms with Crippen molar-refractivity contribution in [3.05, 3.63) is 65.2 Å². The molecular formula is C19H20N2O5S. The molecule has 0 saturated carbocycles. The number of benzene rings is 2. The highest BCUT2D eigenvalue weighted by Gasteiger charge is 2.40. The molecule has 1 saturated heterocycles. The van der Waals surface area contributed by atoms with Crippen molar-refractivity contribution in [2.75, 3.05) is 13.1 Å². The van der Waals surface area contributed by atoms with Gasteiger partial charge in [-0.1, -0.05) is 36.4 Å². The predicted octanol–water partition coefficient (Wildman–Crippen LogP) is 1.58. The molecule has 7 nitrogen and oxygen atoms in total. The maximum Gasteiger partial charge on any atom is 0.308 e. The van der Waals surface area contributed by atoms with Crippen molar-refractivity contribution in [1.29, 1.82) is 0 Å². The molecule has 1 heterocycles. The number of likely N-dealkylation sites (tertiary alicyclic amines) is 1. The van der Waals surface area contributed by atoms with E-state index in [4.69, 9.17) is 5.14 Å². The minimum Gasteiger partial charge on any atom is -0.481 e. The average molecular weight is 388 g/mol. The number of primary sulfonamides is 1. The van der Waals surface area contributed by atoms with E-state index in [-0.39, 0.29) is 29.5 Å². The van der Waals surface area contributed by atoms with Crippen LogP contribution in [0.3, 0.4) is 0 Å². The largest absolute Gasteiger partial charge is 0.481 e. The van der Waals surface area contributed by atoms with Crippen LogP contribution in [0.1, 0.15) is 27.4 Å². The molecule has 0 unspecified atom stereocenters. The number of nitrogens with zero attached hydrogens (tertiary/aromatic N) is 1. The Morgan fingerprint density at radius 3 is 2.37 bits per heavy atom. The molecule has 2 aromatic rings. The Bertz CT molecular complexity index is 988. The summed E-state index contributed by atoms with van der Waals surface area (Å²) < 4.78 is 23.2. The number of aliphatic carboxylic acids is 1. The lowest BCUT2D eigenvalue weighted by atomic mass is 9.89. The van der Waals surface area contributed by atoms with Gasteiger partial charge in [0.05, 0.1) is 10.8 Å². The molecule has 2 atom stereocenters. The van der Waals surface area contributed by atoms with E-state index in [0.29, 0.717) is 5.56 Å². The summed E-state index contributed by atoms with van der Waals surface area (Å²) >= 11 is 0. The SMILES string of the molecule is Cc1ccc(S(N)(=O)=O)cc1C(=O)N1C[C@@H](C(=O)O)[C@H](c2ccccc2)C1. The van der Waals surface area contributed by atoms with Crippen LogP contribution in [0.25, 0.3) is 0 Å². The predicted molar refractivity (Wildman–Crippen MR) is 98.8 cm³/mol. The number of nitrogens with two attached hydrogens (primary N) is 1. The quantitative estimate of drug-likeness (QED) is 0.824. The van der Waals surface area contributed by atoms with Crippen LogP contribution in [-0.2, 0) is 14.8 Å². The number of amides is 1. The minimum absolute atomic E-state index is 0.0623. The van der Waals surface area contributed by atoms with Crippen molar-refractivity contribution < 1.29 is 23.1 Å². The second kappa shape index (κ2) is 7.13. The van der Waals surface area contributed by atoms with Crippen LogP contribution in [0.4, 0.5) is 0 Å². The van der Waals surface area contributed by atoms with Crippen molar-refractivity contribution in [2.45, 2.75) is 17.7 Å². The Labute approximate surface area is 157 Å². The Hall–Kier alpha value is -2.71. The summed E-state index contributed by atoms with van der Waals surface area (Å²) in [5, 5.41) is 14.7. The van der Waals surface area contributed by atoms with Crippen LogP contribution in [0, 0.1) is 12.8 Å². The van der Waals surface area contributed by atoms with Gasteiger partial charge in [0.25, 0.3) is 5.91 Å². The Kier molecular flexibility index (Phi) is 5.03. The van der Waals surface area contributed by atoms with Gasteiger partial charge in [-0.05, 0) is 30.2 Å². The summed E-state index contributed by atoms with van der Waals surface area (Å²) in [5.41, 5.74) is 1.66. The lowest BCUT2D eigenvalue weighted by Gasteiger charge is -2.18. The normalized spacial score (nSPS) is 19.9. The van der Waals surface area contributed by atoms with Gasteiger partial charge >= 0.3 is 5.97 Å². The summed E-state index contributed by atoms with van der Waals surface area (Å²) in [6, 6.07) is 13.3. The third-order valence-electron chi connectivity index (χ3n) is 4.92. The van der Waals surface area contributed by atoms with Crippen molar-refractivity contribution in [2.24, 2.45) is 11.1 Å². The number of carboxylic acid groups (broad SMARTS) is 1. The third kappa shape index (κ3) is 3.86. The first-order chi connectivity index (χ1) is 12.7. The number of hydrogen-bond donors (Lipinski definition) is 2. The molecule has 3 N–H and O–H groups in total. The summed E-state index contributed by atoms with van der Waals surface area (Å²) in [7, 11) is -3.94. The van der Waals surface area contributed by atoms with Crippen LogP contribution < -0.4 is 5.14 Å². The van der Waals surface area contributed by atoms with Gasteiger partial charge in [0.15, 0.2) is 0 Å². The Morgan fingerprint density at radius 2 is 1.78 bits per heavy atom. The van der Waals surface area contributed by atoms with Crippen LogP contribution in [0.5, 0.6) is 0 Å². The van der Waals surface area contributed by atoms with E-state index < -0.39 is 27.8 Å². The Morgan fingerprint density at radius 1 is 1.11 bits per heavy atom. The van der Waals surface area contributed by atoms with E-state index in [2.05, 4.69) is 0 Å². The summed E-state index contributed by atoms with van der Waals surface area (Å²) in [6.45, 7) is 2.01. The van der Waals surface area contributed by atoms with E-state index in [1.54, 1.807) is 6.92 Å². The van der Waals surface area contributed by atoms with Gasteiger partial charge in [0.1, 0.15) is 0 Å². The fraction of sp³-hybridized carbons (Fsp3) is 0.263. The number of carboxylic acids is 1. The summed E-state index contributed by atoms with van der Waals surface area (Å²) in [4.78, 5) is 26.0. The molecule has 1 aliphatic heterocycles. The number of aryl methyl sites for hydroxylation is 1. The van der Waals surface area contributed by atoms with Gasteiger partial charge in [-0.15, -0.1) is 0 Å². The monoisotopic (exact) mass is 388 g/mol. The molecule has 0 aliphatic carbocycles. The highest BCUT2D eigenvalue weighted by molar-refractivity contribution is 7.89. The molecular weight excluding hydrogens is 368 g/mol. The van der Waals surface area contributed by atoms with E-state index in [9.17, 15) is 23.1 Å². The van der Waals surface area contributed by atoms with Crippen LogP contribution in [-0.4, -0.2) is 43.4 Å². The molecule has 1 fully saturated rings. The number of carbonyl (C=O) groups excluding carboxylic acids is 1. The molecule has 1 amide bonds. The zero-order valence-corrected chi connectivity index (χ0v) is 15.5. The standard InChI is InChI=1S/C19H20N2O5S/c1-12-7-8-14(27(20,25)26)9-15(12)18(22)21-10-16(17(11-21)19(23)24)13-5-3-2-4-6-13/h2-9,16-17H,10-11H2,1H3,(H,23,24)(H2,20,25,26)/t16-,17+/m0/s1. The number of rotatable bonds is 4. The van der Waals surface area contributed by atoms with Gasteiger partial charge in [0, 0.05) is 24.6 Å². The lowest BCUT2D eigenvalue weighted by Crippen LogP contribution is -2.30. The van der Waals surface area contributed by atoms with Gasteiger partial charge in [-0.3, -0.25) is 9.59 Å². The number of sulfonamides is 1. The maximum atomic E-state index is 13.0. The molecule has 0 spiro atoms. The van der Waals surface area contributed by atoms with E-state index >= 15 is 0 Å². The van der Waals surface area contributed by atoms with Crippen molar-refractivity contribution in [3.8, 4) is 0 Å². The van der Waals surface area contributed by atoms with Crippen molar-refractivity contribution >= 4 is 21.9 Å². The first-order valence-electron chi connectivity index (χ1n) is 8.39. The maximum absolute atomic E-state index is 13.0. The van der Waals surface area contributed by atoms with Crippen LogP contribution >= 0.6 is 0 Å². The van der Waals surface area contributed by atoms with Crippen LogP contribution in [0.2, 0.25) is 0 Å². The highest BCUT2D eigenvalue weighted by Crippen LogP contribution is 2.34. The molecule has 0 bridgehead atoms. The zero-order valence-electron chi connectivity index (χ0n) is 14.7. The first kappa shape index (κ1) is 19.1. The highest BCUT2D eigenvalue weighted by atomic mass is 32.2. The molecule has 0 aromatic heterocycles. The molecule has 2 aromatic carbocycles. The van der Waals surface area contributed by atoms with Gasteiger partial charge < -0.3 is 10.0 Å². The molecule has 142 valence electrons. The minimum atomic E-state index is -3.94. The first-order valence-corrected chi connectivity index (χ1v) is 9.93. The average Bonchev–Trinajstić information content (AvgIpc) is 3.07. The summed E-state index contributed by atoms with van der Waals surface area (Å²) in [5.74, 6) is -2.41. The third-order valence-corrected chi connectivity index (χ3v) is 5.83. The van der Waals surface area contributed by atoms with Crippen molar-refractivity contribution in [1.82, 2.24) is 4.90 Å². The molecule has 0 radical (unpaired) electrons. The molecule has 27 heavy (non-hydrogen) atoms. The Balaban J connectivity index is 1.93. The zero-order chi connectivity index (χ0) is 19.8. The fourth-order valence-electron chi connectivity index (χ4n) is 3.44. The van der Waals surface area contributed by atoms with E-state index in [1.807, 2.05) is 30.3 Å². The van der Waals surface area contributed by atoms with Crippen LogP contribution in [0.15, 0.2) is 53.4 Å². The second-order valence-corrected chi connectivity index (χ2v) is 8.26. The molecule has 8 heteroatoms. The topological polar surface area (TPSA) is 118 Å².